The van der Waals surface area contributed by atoms with Gasteiger partial charge in [-0.15, -0.1) is 0 Å². The van der Waals surface area contributed by atoms with Gasteiger partial charge < -0.3 is 20.0 Å². The number of non-ortho nitro benzene ring substituents is 1. The number of pyridine rings is 1. The lowest BCUT2D eigenvalue weighted by atomic mass is 9.93. The first-order valence-corrected chi connectivity index (χ1v) is 32.7. The first kappa shape index (κ1) is 73.9. The van der Waals surface area contributed by atoms with E-state index in [0.717, 1.165) is 77.3 Å². The van der Waals surface area contributed by atoms with Crippen LogP contribution in [-0.2, 0) is 29.0 Å². The number of hydrogen-bond donors (Lipinski definition) is 2. The molecule has 4 aromatic carbocycles. The molecule has 0 bridgehead atoms. The number of aromatic nitrogens is 1. The summed E-state index contributed by atoms with van der Waals surface area (Å²) >= 11 is 0. The topological polar surface area (TPSA) is 324 Å². The van der Waals surface area contributed by atoms with Gasteiger partial charge in [0.05, 0.1) is 80.3 Å². The van der Waals surface area contributed by atoms with Crippen molar-refractivity contribution in [3.8, 4) is 0 Å². The number of nitrogens with one attached hydrogen (secondary N) is 2. The van der Waals surface area contributed by atoms with Gasteiger partial charge in [0.2, 0.25) is 11.8 Å². The second-order valence-corrected chi connectivity index (χ2v) is 23.9. The number of benzene rings is 4. The molecule has 2 N–H and O–H groups in total. The Morgan fingerprint density at radius 2 is 0.935 bits per heavy atom. The lowest BCUT2D eigenvalue weighted by Gasteiger charge is -2.35. The molecule has 0 fully saturated rings. The fourth-order valence-corrected chi connectivity index (χ4v) is 11.9. The summed E-state index contributed by atoms with van der Waals surface area (Å²) in [6.07, 6.45) is 28.1. The van der Waals surface area contributed by atoms with Crippen molar-refractivity contribution in [3.63, 3.8) is 0 Å². The molecule has 0 saturated heterocycles. The summed E-state index contributed by atoms with van der Waals surface area (Å²) in [6.45, 7) is 14.8. The fourth-order valence-electron chi connectivity index (χ4n) is 11.9. The summed E-state index contributed by atoms with van der Waals surface area (Å²) in [6, 6.07) is 19.0. The molecule has 0 aliphatic rings. The molecule has 0 aliphatic carbocycles. The smallest absolute Gasteiger partial charge is 0.289 e. The zero-order valence-electron chi connectivity index (χ0n) is 54.0. The van der Waals surface area contributed by atoms with Crippen LogP contribution in [0.5, 0.6) is 0 Å². The van der Waals surface area contributed by atoms with Crippen molar-refractivity contribution in [1.29, 1.82) is 0 Å². The first-order chi connectivity index (χ1) is 44.2. The molecule has 0 radical (unpaired) electrons. The van der Waals surface area contributed by atoms with E-state index >= 15 is 0 Å². The van der Waals surface area contributed by atoms with Crippen LogP contribution in [0.4, 0.5) is 39.8 Å². The molecule has 0 saturated carbocycles. The Balaban J connectivity index is 0.849. The predicted octanol–water partition coefficient (Wildman–Crippen LogP) is 14.7. The Morgan fingerprint density at radius 1 is 0.478 bits per heavy atom. The van der Waals surface area contributed by atoms with Crippen LogP contribution in [0.3, 0.4) is 0 Å². The number of nitrogens with zero attached hydrogens (tertiary/aromatic N) is 9. The van der Waals surface area contributed by atoms with E-state index in [-0.39, 0.29) is 12.5 Å². The van der Waals surface area contributed by atoms with Crippen LogP contribution in [0.2, 0.25) is 0 Å². The molecular formula is C67H93N11O14+2. The Hall–Kier alpha value is -8.87. The van der Waals surface area contributed by atoms with Crippen LogP contribution in [0.15, 0.2) is 79.1 Å². The van der Waals surface area contributed by atoms with Gasteiger partial charge in [-0.2, -0.15) is 0 Å². The average Bonchev–Trinajstić information content (AvgIpc) is 0.782. The molecule has 0 unspecified atom stereocenters. The number of carbonyl (C=O) groups is 2. The minimum atomic E-state index is -1.26. The predicted molar refractivity (Wildman–Crippen MR) is 356 cm³/mol. The minimum absolute atomic E-state index is 0.0997. The van der Waals surface area contributed by atoms with Crippen LogP contribution >= 0.6 is 0 Å². The lowest BCUT2D eigenvalue weighted by Crippen LogP contribution is -2.49. The summed E-state index contributed by atoms with van der Waals surface area (Å²) in [5.41, 5.74) is -6.18. The number of rotatable bonds is 46. The second-order valence-electron chi connectivity index (χ2n) is 23.9. The Kier molecular flexibility index (Phi) is 31.1. The molecule has 1 heterocycles. The van der Waals surface area contributed by atoms with E-state index in [1.54, 1.807) is 0 Å². The Bertz CT molecular complexity index is 3290. The monoisotopic (exact) mass is 1280 g/mol. The highest BCUT2D eigenvalue weighted by molar-refractivity contribution is 5.89. The molecule has 498 valence electrons. The number of fused-ring (bicyclic) bond motifs is 1. The van der Waals surface area contributed by atoms with E-state index in [9.17, 15) is 70.3 Å². The average molecular weight is 1280 g/mol. The zero-order valence-corrected chi connectivity index (χ0v) is 54.0. The number of carbonyl (C=O) groups excluding carboxylic acids is 2. The third-order valence-corrected chi connectivity index (χ3v) is 17.7. The van der Waals surface area contributed by atoms with E-state index in [0.29, 0.717) is 37.6 Å². The van der Waals surface area contributed by atoms with Gasteiger partial charge in [-0.05, 0) is 93.0 Å². The van der Waals surface area contributed by atoms with Crippen molar-refractivity contribution < 1.29 is 48.2 Å². The highest BCUT2D eigenvalue weighted by atomic mass is 16.6. The molecule has 1 aromatic heterocycles. The second kappa shape index (κ2) is 38.7. The van der Waals surface area contributed by atoms with Crippen molar-refractivity contribution in [3.05, 3.63) is 168 Å². The maximum Gasteiger partial charge on any atom is 0.289 e. The molecule has 0 spiro atoms. The highest BCUT2D eigenvalue weighted by Gasteiger charge is 2.40. The van der Waals surface area contributed by atoms with E-state index in [1.807, 2.05) is 0 Å². The van der Waals surface area contributed by atoms with Gasteiger partial charge in [0.1, 0.15) is 16.7 Å². The van der Waals surface area contributed by atoms with E-state index < -0.39 is 106 Å². The van der Waals surface area contributed by atoms with E-state index in [2.05, 4.69) is 121 Å². The third-order valence-electron chi connectivity index (χ3n) is 17.7. The molecule has 0 aliphatic heterocycles. The normalized spacial score (nSPS) is 11.5. The number of anilines is 1. The summed E-state index contributed by atoms with van der Waals surface area (Å²) in [5.74, 6) is -0.540. The molecule has 5 aromatic rings. The van der Waals surface area contributed by atoms with Gasteiger partial charge in [0.25, 0.3) is 34.1 Å². The molecule has 5 rings (SSSR count). The van der Waals surface area contributed by atoms with Crippen molar-refractivity contribution >= 4 is 74.6 Å². The van der Waals surface area contributed by atoms with Gasteiger partial charge in [-0.25, -0.2) is 4.57 Å². The standard InChI is InChI=1S/C67H91N11O14/c1-5-78(6-2,7-3)45-27-42-71-43-37-52(38-44-71)29-30-53-31-32-55-47-56(34-33-54(55)46-53)70(4)41-26-22-18-14-9-8-12-16-20-24-39-68-65(79)28-23-19-15-11-10-13-17-21-25-40-69-66(80)36-35-58-63(75(87)88)51-64(76(89)90)60(67(58)77(91)92)50-59-61(73(83)84)48-57(72(81)82)49-62(59)74(85)86/h29-34,37-38,43-44,46-49,51H,5-28,35-36,39-42,45,50H2,1-4H3/p+2. The van der Waals surface area contributed by atoms with Crippen LogP contribution in [0.25, 0.3) is 22.9 Å². The van der Waals surface area contributed by atoms with Crippen molar-refractivity contribution in [2.75, 3.05) is 57.8 Å². The van der Waals surface area contributed by atoms with Crippen molar-refractivity contribution in [2.24, 2.45) is 0 Å². The van der Waals surface area contributed by atoms with Crippen LogP contribution < -0.4 is 20.1 Å². The van der Waals surface area contributed by atoms with Gasteiger partial charge in [0.15, 0.2) is 18.9 Å². The molecule has 2 amide bonds. The van der Waals surface area contributed by atoms with Crippen molar-refractivity contribution in [1.82, 2.24) is 10.6 Å². The van der Waals surface area contributed by atoms with Gasteiger partial charge in [-0.1, -0.05) is 127 Å². The summed E-state index contributed by atoms with van der Waals surface area (Å²) in [7, 11) is 2.19. The number of nitro benzene ring substituents is 6. The van der Waals surface area contributed by atoms with E-state index in [4.69, 9.17) is 0 Å². The summed E-state index contributed by atoms with van der Waals surface area (Å²) in [5, 5.41) is 80.1. The fraction of sp³-hybridized carbons (Fsp3) is 0.537. The Labute approximate surface area is 538 Å². The van der Waals surface area contributed by atoms with Crippen LogP contribution in [0.1, 0.15) is 190 Å². The summed E-state index contributed by atoms with van der Waals surface area (Å²) in [4.78, 5) is 92.2. The maximum absolute atomic E-state index is 12.8. The largest absolute Gasteiger partial charge is 0.375 e. The van der Waals surface area contributed by atoms with E-state index in [1.165, 1.54) is 116 Å². The first-order valence-electron chi connectivity index (χ1n) is 32.7. The maximum atomic E-state index is 12.8. The number of hydrogen-bond acceptors (Lipinski definition) is 15. The molecular weight excluding hydrogens is 1180 g/mol. The lowest BCUT2D eigenvalue weighted by molar-refractivity contribution is -0.925. The Morgan fingerprint density at radius 3 is 1.45 bits per heavy atom. The zero-order chi connectivity index (χ0) is 67.0. The van der Waals surface area contributed by atoms with Gasteiger partial charge in [0, 0.05) is 63.8 Å². The summed E-state index contributed by atoms with van der Waals surface area (Å²) < 4.78 is 3.49. The quantitative estimate of drug-likeness (QED) is 0.0120. The molecule has 25 heteroatoms. The number of amides is 2. The van der Waals surface area contributed by atoms with Crippen LogP contribution in [-0.4, -0.2) is 98.7 Å². The highest BCUT2D eigenvalue weighted by Crippen LogP contribution is 2.44. The molecule has 92 heavy (non-hydrogen) atoms. The minimum Gasteiger partial charge on any atom is -0.375 e. The van der Waals surface area contributed by atoms with Gasteiger partial charge >= 0.3 is 0 Å². The van der Waals surface area contributed by atoms with Crippen molar-refractivity contribution in [2.45, 2.75) is 181 Å². The number of unbranched alkanes of at least 4 members (excludes halogenated alkanes) is 17. The molecule has 25 nitrogen and oxygen atoms in total. The number of nitro groups is 6. The number of aryl methyl sites for hydroxylation is 1. The SMILES string of the molecule is CC[N+](CC)(CC)CCC[n+]1ccc(/C=C/c2ccc3cc(N(C)CCCCCCCCCCCCNC(=O)CCCCCCCCCCCNC(=O)CCc4c([N+](=O)[O-])cc([N+](=O)[O-])c(Cc5c([N+](=O)[O-])cc([N+](=O)[O-])cc5[N+](=O)[O-])c4[N+](=O)[O-])ccc3c2)cc1. The van der Waals surface area contributed by atoms with Crippen LogP contribution in [0, 0.1) is 60.7 Å². The number of quaternary nitrogens is 1. The third kappa shape index (κ3) is 23.7. The van der Waals surface area contributed by atoms with Gasteiger partial charge in [-0.3, -0.25) is 70.3 Å². The molecule has 0 atom stereocenters.